The molecule has 3 rings (SSSR count). The van der Waals surface area contributed by atoms with Gasteiger partial charge in [-0.1, -0.05) is 17.7 Å². The molecule has 0 spiro atoms. The fraction of sp³-hybridized carbons (Fsp3) is 0.250. The predicted molar refractivity (Wildman–Crippen MR) is 114 cm³/mol. The smallest absolute Gasteiger partial charge is 0.348 e. The molecule has 1 N–H and O–H groups in total. The van der Waals surface area contributed by atoms with E-state index in [1.165, 1.54) is 7.11 Å². The van der Waals surface area contributed by atoms with Crippen molar-refractivity contribution in [2.45, 2.75) is 13.8 Å². The van der Waals surface area contributed by atoms with Gasteiger partial charge < -0.3 is 19.2 Å². The number of aromatic nitrogens is 2. The third-order valence-electron chi connectivity index (χ3n) is 4.18. The first-order valence-corrected chi connectivity index (χ1v) is 9.89. The number of thiophene rings is 1. The number of fused-ring (bicyclic) bond motifs is 1. The first-order valence-electron chi connectivity index (χ1n) is 8.69. The summed E-state index contributed by atoms with van der Waals surface area (Å²) in [4.78, 5) is 32.3. The standard InChI is InChI=1S/C20H19ClN2O5S/c1-5-28-13-7-6-11(9-14(13)26-3)8-12(21)17-22-18(24)15-10(2)16(20(25)27-4)29-19(15)23-17/h6-9H,5H2,1-4H3,(H,22,23,24)/b12-8-. The molecule has 3 aromatic rings. The van der Waals surface area contributed by atoms with Crippen LogP contribution in [0.2, 0.25) is 0 Å². The summed E-state index contributed by atoms with van der Waals surface area (Å²) in [6, 6.07) is 5.37. The Bertz CT molecular complexity index is 1170. The summed E-state index contributed by atoms with van der Waals surface area (Å²) in [7, 11) is 2.85. The van der Waals surface area contributed by atoms with Crippen LogP contribution in [-0.4, -0.2) is 36.8 Å². The number of halogens is 1. The Balaban J connectivity index is 2.04. The van der Waals surface area contributed by atoms with Crippen LogP contribution < -0.4 is 15.0 Å². The number of nitrogens with one attached hydrogen (secondary N) is 1. The van der Waals surface area contributed by atoms with E-state index in [1.807, 2.05) is 13.0 Å². The normalized spacial score (nSPS) is 11.6. The van der Waals surface area contributed by atoms with Crippen LogP contribution in [0.5, 0.6) is 11.5 Å². The number of H-pyrrole nitrogens is 1. The number of methoxy groups -OCH3 is 2. The highest BCUT2D eigenvalue weighted by Gasteiger charge is 2.20. The van der Waals surface area contributed by atoms with Crippen molar-refractivity contribution in [3.05, 3.63) is 50.4 Å². The summed E-state index contributed by atoms with van der Waals surface area (Å²) >= 11 is 7.51. The lowest BCUT2D eigenvalue weighted by Gasteiger charge is -2.09. The van der Waals surface area contributed by atoms with Crippen molar-refractivity contribution in [2.75, 3.05) is 20.8 Å². The SMILES string of the molecule is CCOc1ccc(/C=C(\Cl)c2nc3sc(C(=O)OC)c(C)c3c(=O)[nH]2)cc1OC. The van der Waals surface area contributed by atoms with Crippen molar-refractivity contribution >= 4 is 50.2 Å². The summed E-state index contributed by atoms with van der Waals surface area (Å²) in [5.41, 5.74) is 0.911. The van der Waals surface area contributed by atoms with Gasteiger partial charge in [0.15, 0.2) is 17.3 Å². The quantitative estimate of drug-likeness (QED) is 0.584. The Hall–Kier alpha value is -2.84. The number of carbonyl (C=O) groups excluding carboxylic acids is 1. The first-order chi connectivity index (χ1) is 13.9. The van der Waals surface area contributed by atoms with E-state index in [-0.39, 0.29) is 16.4 Å². The third-order valence-corrected chi connectivity index (χ3v) is 5.63. The minimum atomic E-state index is -0.505. The second kappa shape index (κ2) is 8.67. The van der Waals surface area contributed by atoms with Crippen molar-refractivity contribution in [1.29, 1.82) is 0 Å². The number of hydrogen-bond acceptors (Lipinski definition) is 7. The van der Waals surface area contributed by atoms with Gasteiger partial charge in [-0.15, -0.1) is 11.3 Å². The Morgan fingerprint density at radius 2 is 2.07 bits per heavy atom. The molecule has 0 saturated heterocycles. The molecule has 2 heterocycles. The zero-order valence-corrected chi connectivity index (χ0v) is 17.9. The van der Waals surface area contributed by atoms with E-state index in [0.29, 0.717) is 38.8 Å². The van der Waals surface area contributed by atoms with Crippen LogP contribution in [0.1, 0.15) is 33.5 Å². The van der Waals surface area contributed by atoms with Crippen LogP contribution in [0.3, 0.4) is 0 Å². The van der Waals surface area contributed by atoms with Crippen molar-refractivity contribution in [2.24, 2.45) is 0 Å². The van der Waals surface area contributed by atoms with Gasteiger partial charge in [-0.3, -0.25) is 4.79 Å². The molecule has 0 aliphatic rings. The number of benzene rings is 1. The van der Waals surface area contributed by atoms with E-state index < -0.39 is 5.97 Å². The van der Waals surface area contributed by atoms with Gasteiger partial charge in [0.1, 0.15) is 9.71 Å². The average molecular weight is 435 g/mol. The molecule has 0 atom stereocenters. The Morgan fingerprint density at radius 1 is 1.31 bits per heavy atom. The third kappa shape index (κ3) is 4.13. The summed E-state index contributed by atoms with van der Waals surface area (Å²) in [5.74, 6) is 0.892. The lowest BCUT2D eigenvalue weighted by Crippen LogP contribution is -2.10. The molecule has 29 heavy (non-hydrogen) atoms. The summed E-state index contributed by atoms with van der Waals surface area (Å²) in [6.45, 7) is 4.09. The van der Waals surface area contributed by atoms with Crippen molar-refractivity contribution in [1.82, 2.24) is 9.97 Å². The number of hydrogen-bond donors (Lipinski definition) is 1. The predicted octanol–water partition coefficient (Wildman–Crippen LogP) is 4.22. The Labute approximate surface area is 175 Å². The second-order valence-corrected chi connectivity index (χ2v) is 7.38. The van der Waals surface area contributed by atoms with Gasteiger partial charge in [-0.05, 0) is 43.2 Å². The number of aromatic amines is 1. The van der Waals surface area contributed by atoms with Gasteiger partial charge in [-0.2, -0.15) is 0 Å². The van der Waals surface area contributed by atoms with Crippen LogP contribution in [0, 0.1) is 6.92 Å². The molecule has 1 aromatic carbocycles. The van der Waals surface area contributed by atoms with Gasteiger partial charge >= 0.3 is 5.97 Å². The molecule has 0 aliphatic carbocycles. The number of aryl methyl sites for hydroxylation is 1. The minimum absolute atomic E-state index is 0.203. The van der Waals surface area contributed by atoms with E-state index >= 15 is 0 Å². The Morgan fingerprint density at radius 3 is 2.72 bits per heavy atom. The van der Waals surface area contributed by atoms with Crippen LogP contribution >= 0.6 is 22.9 Å². The molecule has 2 aromatic heterocycles. The highest BCUT2D eigenvalue weighted by Crippen LogP contribution is 2.31. The molecule has 0 unspecified atom stereocenters. The molecular weight excluding hydrogens is 416 g/mol. The van der Waals surface area contributed by atoms with Gasteiger partial charge in [0, 0.05) is 0 Å². The molecule has 7 nitrogen and oxygen atoms in total. The lowest BCUT2D eigenvalue weighted by atomic mass is 10.2. The minimum Gasteiger partial charge on any atom is -0.493 e. The highest BCUT2D eigenvalue weighted by molar-refractivity contribution is 7.20. The topological polar surface area (TPSA) is 90.5 Å². The number of carbonyl (C=O) groups is 1. The lowest BCUT2D eigenvalue weighted by molar-refractivity contribution is 0.0605. The number of ether oxygens (including phenoxy) is 3. The maximum Gasteiger partial charge on any atom is 0.348 e. The van der Waals surface area contributed by atoms with Crippen molar-refractivity contribution in [3.8, 4) is 11.5 Å². The summed E-state index contributed by atoms with van der Waals surface area (Å²) in [6.07, 6.45) is 1.66. The van der Waals surface area contributed by atoms with Crippen LogP contribution in [0.25, 0.3) is 21.3 Å². The molecular formula is C20H19ClN2O5S. The van der Waals surface area contributed by atoms with Gasteiger partial charge in [0.05, 0.1) is 31.2 Å². The highest BCUT2D eigenvalue weighted by atomic mass is 35.5. The van der Waals surface area contributed by atoms with Gasteiger partial charge in [0.2, 0.25) is 0 Å². The molecule has 0 fully saturated rings. The van der Waals surface area contributed by atoms with Crippen LogP contribution in [0.4, 0.5) is 0 Å². The van der Waals surface area contributed by atoms with Gasteiger partial charge in [-0.25, -0.2) is 9.78 Å². The molecule has 0 radical (unpaired) electrons. The second-order valence-electron chi connectivity index (χ2n) is 5.98. The number of nitrogens with zero attached hydrogens (tertiary/aromatic N) is 1. The molecule has 0 aliphatic heterocycles. The van der Waals surface area contributed by atoms with Crippen molar-refractivity contribution in [3.63, 3.8) is 0 Å². The maximum absolute atomic E-state index is 12.6. The molecule has 0 amide bonds. The molecule has 152 valence electrons. The zero-order valence-electron chi connectivity index (χ0n) is 16.3. The van der Waals surface area contributed by atoms with Crippen LogP contribution in [-0.2, 0) is 4.74 Å². The Kier molecular flexibility index (Phi) is 6.24. The van der Waals surface area contributed by atoms with E-state index in [4.69, 9.17) is 25.8 Å². The van der Waals surface area contributed by atoms with E-state index in [1.54, 1.807) is 32.2 Å². The van der Waals surface area contributed by atoms with E-state index in [2.05, 4.69) is 9.97 Å². The summed E-state index contributed by atoms with van der Waals surface area (Å²) < 4.78 is 15.6. The number of rotatable bonds is 6. The van der Waals surface area contributed by atoms with Crippen LogP contribution in [0.15, 0.2) is 23.0 Å². The van der Waals surface area contributed by atoms with Crippen molar-refractivity contribution < 1.29 is 19.0 Å². The summed E-state index contributed by atoms with van der Waals surface area (Å²) in [5, 5.41) is 0.590. The monoisotopic (exact) mass is 434 g/mol. The molecule has 9 heteroatoms. The van der Waals surface area contributed by atoms with Gasteiger partial charge in [0.25, 0.3) is 5.56 Å². The fourth-order valence-corrected chi connectivity index (χ4v) is 4.12. The molecule has 0 saturated carbocycles. The fourth-order valence-electron chi connectivity index (χ4n) is 2.81. The zero-order chi connectivity index (χ0) is 21.1. The maximum atomic E-state index is 12.6. The molecule has 0 bridgehead atoms. The average Bonchev–Trinajstić information content (AvgIpc) is 3.05. The first kappa shape index (κ1) is 20.9. The largest absolute Gasteiger partial charge is 0.493 e. The van der Waals surface area contributed by atoms with E-state index in [0.717, 1.165) is 16.9 Å². The van der Waals surface area contributed by atoms with E-state index in [9.17, 15) is 9.59 Å². The number of esters is 1.